The first-order valence-corrected chi connectivity index (χ1v) is 9.14. The van der Waals surface area contributed by atoms with E-state index in [9.17, 15) is 13.2 Å². The number of sulfonamides is 1. The van der Waals surface area contributed by atoms with E-state index in [1.165, 1.54) is 25.3 Å². The van der Waals surface area contributed by atoms with E-state index in [0.29, 0.717) is 16.7 Å². The molecule has 0 bridgehead atoms. The van der Waals surface area contributed by atoms with E-state index in [2.05, 4.69) is 4.72 Å². The number of rotatable bonds is 4. The number of benzene rings is 2. The third kappa shape index (κ3) is 2.72. The van der Waals surface area contributed by atoms with Crippen molar-refractivity contribution in [2.24, 2.45) is 7.05 Å². The van der Waals surface area contributed by atoms with Crippen molar-refractivity contribution in [1.29, 1.82) is 0 Å². The zero-order valence-electron chi connectivity index (χ0n) is 12.9. The highest BCUT2D eigenvalue weighted by Crippen LogP contribution is 2.31. The second-order valence-electron chi connectivity index (χ2n) is 5.08. The Balaban J connectivity index is 2.05. The molecule has 24 heavy (non-hydrogen) atoms. The van der Waals surface area contributed by atoms with E-state index in [4.69, 9.17) is 10.5 Å². The molecule has 3 aromatic rings. The molecule has 0 aliphatic heterocycles. The molecule has 0 aliphatic carbocycles. The van der Waals surface area contributed by atoms with Crippen LogP contribution in [0.1, 0.15) is 0 Å². The lowest BCUT2D eigenvalue weighted by Crippen LogP contribution is -2.14. The summed E-state index contributed by atoms with van der Waals surface area (Å²) >= 11 is 1.02. The Bertz CT molecular complexity index is 1080. The van der Waals surface area contributed by atoms with Gasteiger partial charge in [-0.05, 0) is 41.9 Å². The van der Waals surface area contributed by atoms with Crippen molar-refractivity contribution >= 4 is 43.8 Å². The van der Waals surface area contributed by atoms with Crippen molar-refractivity contribution in [2.45, 2.75) is 4.90 Å². The third-order valence-electron chi connectivity index (χ3n) is 3.59. The lowest BCUT2D eigenvalue weighted by molar-refractivity contribution is 0.417. The Labute approximate surface area is 142 Å². The molecule has 3 N–H and O–H groups in total. The van der Waals surface area contributed by atoms with Gasteiger partial charge in [-0.3, -0.25) is 13.5 Å². The summed E-state index contributed by atoms with van der Waals surface area (Å²) in [5, 5.41) is 0.365. The number of nitrogens with zero attached hydrogens (tertiary/aromatic N) is 1. The summed E-state index contributed by atoms with van der Waals surface area (Å²) in [5.41, 5.74) is 6.98. The summed E-state index contributed by atoms with van der Waals surface area (Å²) in [6.07, 6.45) is 0. The average molecular weight is 365 g/mol. The van der Waals surface area contributed by atoms with Crippen LogP contribution in [0.25, 0.3) is 10.9 Å². The Morgan fingerprint density at radius 3 is 2.71 bits per heavy atom. The number of methoxy groups -OCH3 is 1. The molecule has 2 aromatic carbocycles. The number of hydrogen-bond acceptors (Lipinski definition) is 6. The Hall–Kier alpha value is -2.52. The van der Waals surface area contributed by atoms with Gasteiger partial charge in [0.2, 0.25) is 0 Å². The standard InChI is InChI=1S/C15H15N3O4S2/c1-18-12-7-6-9(8-10(12)15(19)23-18)24(20,21)17-11-4-3-5-13(22-2)14(11)16/h3-8,17H,16H2,1-2H3. The van der Waals surface area contributed by atoms with Crippen LogP contribution in [-0.2, 0) is 17.1 Å². The summed E-state index contributed by atoms with van der Waals surface area (Å²) in [4.78, 5) is 11.9. The first-order chi connectivity index (χ1) is 11.3. The molecule has 126 valence electrons. The number of ether oxygens (including phenoxy) is 1. The number of aryl methyl sites for hydroxylation is 1. The molecule has 3 rings (SSSR count). The van der Waals surface area contributed by atoms with Gasteiger partial charge in [0.05, 0.1) is 34.3 Å². The SMILES string of the molecule is COc1cccc(NS(=O)(=O)c2ccc3c(c2)c(=O)sn3C)c1N. The average Bonchev–Trinajstić information content (AvgIpc) is 2.83. The largest absolute Gasteiger partial charge is 0.495 e. The first-order valence-electron chi connectivity index (χ1n) is 6.89. The van der Waals surface area contributed by atoms with Gasteiger partial charge >= 0.3 is 0 Å². The molecule has 0 aliphatic rings. The summed E-state index contributed by atoms with van der Waals surface area (Å²) in [6.45, 7) is 0. The van der Waals surface area contributed by atoms with Crippen molar-refractivity contribution in [1.82, 2.24) is 3.96 Å². The van der Waals surface area contributed by atoms with Crippen LogP contribution < -0.4 is 19.9 Å². The monoisotopic (exact) mass is 365 g/mol. The predicted octanol–water partition coefficient (Wildman–Crippen LogP) is 1.99. The second-order valence-corrected chi connectivity index (χ2v) is 7.87. The van der Waals surface area contributed by atoms with E-state index in [-0.39, 0.29) is 21.0 Å². The second kappa shape index (κ2) is 5.84. The maximum atomic E-state index is 12.6. The fraction of sp³-hybridized carbons (Fsp3) is 0.133. The normalized spacial score (nSPS) is 11.6. The highest BCUT2D eigenvalue weighted by molar-refractivity contribution is 7.92. The molecule has 0 atom stereocenters. The minimum absolute atomic E-state index is 0.00674. The van der Waals surface area contributed by atoms with Crippen LogP contribution in [-0.4, -0.2) is 19.5 Å². The lowest BCUT2D eigenvalue weighted by Gasteiger charge is -2.12. The van der Waals surface area contributed by atoms with E-state index in [1.54, 1.807) is 29.2 Å². The van der Waals surface area contributed by atoms with Crippen LogP contribution in [0.15, 0.2) is 46.1 Å². The number of fused-ring (bicyclic) bond motifs is 1. The summed E-state index contributed by atoms with van der Waals surface area (Å²) in [7, 11) is -0.692. The molecule has 0 spiro atoms. The predicted molar refractivity (Wildman–Crippen MR) is 95.3 cm³/mol. The molecule has 0 radical (unpaired) electrons. The van der Waals surface area contributed by atoms with Crippen LogP contribution in [0.3, 0.4) is 0 Å². The Morgan fingerprint density at radius 2 is 2.00 bits per heavy atom. The lowest BCUT2D eigenvalue weighted by atomic mass is 10.2. The van der Waals surface area contributed by atoms with Crippen LogP contribution in [0, 0.1) is 0 Å². The van der Waals surface area contributed by atoms with Gasteiger partial charge in [0, 0.05) is 7.05 Å². The maximum absolute atomic E-state index is 12.6. The fourth-order valence-corrected chi connectivity index (χ4v) is 4.23. The zero-order valence-corrected chi connectivity index (χ0v) is 14.6. The summed E-state index contributed by atoms with van der Waals surface area (Å²) in [6, 6.07) is 9.23. The molecule has 1 heterocycles. The summed E-state index contributed by atoms with van der Waals surface area (Å²) < 4.78 is 34.2. The number of aromatic nitrogens is 1. The van der Waals surface area contributed by atoms with E-state index in [0.717, 1.165) is 11.5 Å². The minimum Gasteiger partial charge on any atom is -0.495 e. The van der Waals surface area contributed by atoms with Gasteiger partial charge in [-0.2, -0.15) is 0 Å². The summed E-state index contributed by atoms with van der Waals surface area (Å²) in [5.74, 6) is 0.373. The van der Waals surface area contributed by atoms with Crippen LogP contribution >= 0.6 is 11.5 Å². The molecule has 0 amide bonds. The molecule has 7 nitrogen and oxygen atoms in total. The quantitative estimate of drug-likeness (QED) is 0.688. The van der Waals surface area contributed by atoms with Crippen molar-refractivity contribution in [2.75, 3.05) is 17.6 Å². The van der Waals surface area contributed by atoms with Gasteiger partial charge in [-0.1, -0.05) is 6.07 Å². The molecule has 0 saturated heterocycles. The Morgan fingerprint density at radius 1 is 1.25 bits per heavy atom. The molecular formula is C15H15N3O4S2. The van der Waals surface area contributed by atoms with Crippen molar-refractivity contribution in [3.63, 3.8) is 0 Å². The van der Waals surface area contributed by atoms with Crippen LogP contribution in [0.5, 0.6) is 5.75 Å². The van der Waals surface area contributed by atoms with Crippen molar-refractivity contribution < 1.29 is 13.2 Å². The molecule has 9 heteroatoms. The van der Waals surface area contributed by atoms with Crippen molar-refractivity contribution in [3.8, 4) is 5.75 Å². The topological polar surface area (TPSA) is 103 Å². The van der Waals surface area contributed by atoms with Gasteiger partial charge < -0.3 is 10.5 Å². The molecule has 1 aromatic heterocycles. The van der Waals surface area contributed by atoms with Crippen LogP contribution in [0.4, 0.5) is 11.4 Å². The number of para-hydroxylation sites is 1. The van der Waals surface area contributed by atoms with E-state index < -0.39 is 10.0 Å². The molecule has 0 saturated carbocycles. The van der Waals surface area contributed by atoms with Gasteiger partial charge in [-0.15, -0.1) is 0 Å². The van der Waals surface area contributed by atoms with Gasteiger partial charge in [0.1, 0.15) is 5.75 Å². The van der Waals surface area contributed by atoms with Crippen molar-refractivity contribution in [3.05, 3.63) is 45.9 Å². The number of nitrogens with two attached hydrogens (primary N) is 1. The number of nitrogens with one attached hydrogen (secondary N) is 1. The number of anilines is 2. The van der Waals surface area contributed by atoms with Gasteiger partial charge in [-0.25, -0.2) is 8.42 Å². The molecular weight excluding hydrogens is 350 g/mol. The van der Waals surface area contributed by atoms with E-state index >= 15 is 0 Å². The van der Waals surface area contributed by atoms with Crippen LogP contribution in [0.2, 0.25) is 0 Å². The van der Waals surface area contributed by atoms with Gasteiger partial charge in [0.25, 0.3) is 14.8 Å². The van der Waals surface area contributed by atoms with E-state index in [1.807, 2.05) is 0 Å². The molecule has 0 fully saturated rings. The zero-order chi connectivity index (χ0) is 17.5. The highest BCUT2D eigenvalue weighted by atomic mass is 32.2. The fourth-order valence-electron chi connectivity index (χ4n) is 2.36. The number of nitrogen functional groups attached to an aromatic ring is 1. The highest BCUT2D eigenvalue weighted by Gasteiger charge is 2.18. The first kappa shape index (κ1) is 16.3. The molecule has 0 unspecified atom stereocenters. The number of hydrogen-bond donors (Lipinski definition) is 2. The third-order valence-corrected chi connectivity index (χ3v) is 5.81. The van der Waals surface area contributed by atoms with Gasteiger partial charge in [0.15, 0.2) is 0 Å². The Kier molecular flexibility index (Phi) is 3.98. The minimum atomic E-state index is -3.89. The smallest absolute Gasteiger partial charge is 0.261 e. The maximum Gasteiger partial charge on any atom is 0.261 e.